The van der Waals surface area contributed by atoms with Gasteiger partial charge in [0.15, 0.2) is 0 Å². The average Bonchev–Trinajstić information content (AvgIpc) is 2.29. The second kappa shape index (κ2) is 5.42. The SMILES string of the molecule is NC1CCCCC1C(=O)Nc1nccc(Cl)n1. The molecule has 6 heteroatoms. The van der Waals surface area contributed by atoms with Crippen LogP contribution in [-0.2, 0) is 4.79 Å². The lowest BCUT2D eigenvalue weighted by Crippen LogP contribution is -2.40. The molecule has 1 fully saturated rings. The van der Waals surface area contributed by atoms with Crippen molar-refractivity contribution in [2.75, 3.05) is 5.32 Å². The first-order valence-electron chi connectivity index (χ1n) is 5.72. The minimum absolute atomic E-state index is 0.0667. The summed E-state index contributed by atoms with van der Waals surface area (Å²) in [6.45, 7) is 0. The normalized spacial score (nSPS) is 24.4. The van der Waals surface area contributed by atoms with Crippen LogP contribution in [0.25, 0.3) is 0 Å². The van der Waals surface area contributed by atoms with E-state index in [1.54, 1.807) is 6.07 Å². The maximum atomic E-state index is 12.0. The third-order valence-corrected chi connectivity index (χ3v) is 3.22. The van der Waals surface area contributed by atoms with Crippen LogP contribution in [0.15, 0.2) is 12.3 Å². The smallest absolute Gasteiger partial charge is 0.231 e. The average molecular weight is 255 g/mol. The lowest BCUT2D eigenvalue weighted by atomic mass is 9.84. The summed E-state index contributed by atoms with van der Waals surface area (Å²) in [4.78, 5) is 19.8. The van der Waals surface area contributed by atoms with Gasteiger partial charge in [0.05, 0.1) is 5.92 Å². The van der Waals surface area contributed by atoms with Crippen molar-refractivity contribution < 1.29 is 4.79 Å². The highest BCUT2D eigenvalue weighted by atomic mass is 35.5. The van der Waals surface area contributed by atoms with Crippen molar-refractivity contribution in [1.82, 2.24) is 9.97 Å². The quantitative estimate of drug-likeness (QED) is 0.786. The molecule has 2 unspecified atom stereocenters. The lowest BCUT2D eigenvalue weighted by Gasteiger charge is -2.26. The van der Waals surface area contributed by atoms with Crippen LogP contribution >= 0.6 is 11.6 Å². The summed E-state index contributed by atoms with van der Waals surface area (Å²) in [5.41, 5.74) is 5.94. The van der Waals surface area contributed by atoms with Crippen LogP contribution in [-0.4, -0.2) is 21.9 Å². The van der Waals surface area contributed by atoms with Crippen LogP contribution in [0, 0.1) is 5.92 Å². The van der Waals surface area contributed by atoms with Crippen LogP contribution in [0.4, 0.5) is 5.95 Å². The maximum Gasteiger partial charge on any atom is 0.231 e. The number of aromatic nitrogens is 2. The summed E-state index contributed by atoms with van der Waals surface area (Å²) in [6, 6.07) is 1.49. The first kappa shape index (κ1) is 12.3. The van der Waals surface area contributed by atoms with Gasteiger partial charge in [0.25, 0.3) is 0 Å². The molecule has 0 spiro atoms. The number of nitrogens with two attached hydrogens (primary N) is 1. The molecule has 0 saturated heterocycles. The molecule has 1 saturated carbocycles. The molecule has 2 rings (SSSR count). The molecule has 1 heterocycles. The van der Waals surface area contributed by atoms with E-state index in [1.807, 2.05) is 0 Å². The lowest BCUT2D eigenvalue weighted by molar-refractivity contribution is -0.121. The van der Waals surface area contributed by atoms with Crippen molar-refractivity contribution in [2.45, 2.75) is 31.7 Å². The van der Waals surface area contributed by atoms with Gasteiger partial charge in [0, 0.05) is 12.2 Å². The van der Waals surface area contributed by atoms with Crippen molar-refractivity contribution in [3.63, 3.8) is 0 Å². The molecule has 2 atom stereocenters. The largest absolute Gasteiger partial charge is 0.327 e. The predicted octanol–water partition coefficient (Wildman–Crippen LogP) is 1.59. The Balaban J connectivity index is 2.01. The molecule has 92 valence electrons. The molecular weight excluding hydrogens is 240 g/mol. The summed E-state index contributed by atoms with van der Waals surface area (Å²) in [5.74, 6) is -0.0222. The third-order valence-electron chi connectivity index (χ3n) is 3.01. The Morgan fingerprint density at radius 2 is 2.24 bits per heavy atom. The molecular formula is C11H15ClN4O. The topological polar surface area (TPSA) is 80.9 Å². The van der Waals surface area contributed by atoms with Gasteiger partial charge in [-0.2, -0.15) is 0 Å². The molecule has 1 aromatic heterocycles. The number of carbonyl (C=O) groups excluding carboxylic acids is 1. The highest BCUT2D eigenvalue weighted by Crippen LogP contribution is 2.23. The van der Waals surface area contributed by atoms with Gasteiger partial charge in [-0.3, -0.25) is 10.1 Å². The second-order valence-corrected chi connectivity index (χ2v) is 4.63. The molecule has 1 aliphatic rings. The van der Waals surface area contributed by atoms with Crippen LogP contribution in [0.2, 0.25) is 5.15 Å². The fraction of sp³-hybridized carbons (Fsp3) is 0.545. The van der Waals surface area contributed by atoms with E-state index in [2.05, 4.69) is 15.3 Å². The second-order valence-electron chi connectivity index (χ2n) is 4.25. The first-order valence-corrected chi connectivity index (χ1v) is 6.09. The molecule has 17 heavy (non-hydrogen) atoms. The number of halogens is 1. The molecule has 3 N–H and O–H groups in total. The minimum atomic E-state index is -0.147. The maximum absolute atomic E-state index is 12.0. The summed E-state index contributed by atoms with van der Waals surface area (Å²) < 4.78 is 0. The van der Waals surface area contributed by atoms with Crippen LogP contribution < -0.4 is 11.1 Å². The zero-order valence-corrected chi connectivity index (χ0v) is 10.2. The predicted molar refractivity (Wildman–Crippen MR) is 65.6 cm³/mol. The minimum Gasteiger partial charge on any atom is -0.327 e. The molecule has 0 bridgehead atoms. The fourth-order valence-corrected chi connectivity index (χ4v) is 2.22. The van der Waals surface area contributed by atoms with Gasteiger partial charge in [-0.05, 0) is 18.9 Å². The number of hydrogen-bond donors (Lipinski definition) is 2. The Kier molecular flexibility index (Phi) is 3.91. The fourth-order valence-electron chi connectivity index (χ4n) is 2.08. The number of nitrogens with one attached hydrogen (secondary N) is 1. The number of rotatable bonds is 2. The molecule has 0 aromatic carbocycles. The zero-order chi connectivity index (χ0) is 12.3. The van der Waals surface area contributed by atoms with Gasteiger partial charge in [0.2, 0.25) is 11.9 Å². The highest BCUT2D eigenvalue weighted by molar-refractivity contribution is 6.29. The van der Waals surface area contributed by atoms with Gasteiger partial charge < -0.3 is 5.73 Å². The number of hydrogen-bond acceptors (Lipinski definition) is 4. The molecule has 5 nitrogen and oxygen atoms in total. The Hall–Kier alpha value is -1.20. The number of carbonyl (C=O) groups is 1. The summed E-state index contributed by atoms with van der Waals surface area (Å²) >= 11 is 5.72. The van der Waals surface area contributed by atoms with Crippen molar-refractivity contribution in [3.05, 3.63) is 17.4 Å². The van der Waals surface area contributed by atoms with E-state index in [1.165, 1.54) is 6.20 Å². The Bertz CT molecular complexity index is 412. The van der Waals surface area contributed by atoms with Gasteiger partial charge in [-0.1, -0.05) is 24.4 Å². The van der Waals surface area contributed by atoms with E-state index in [4.69, 9.17) is 17.3 Å². The number of nitrogens with zero attached hydrogens (tertiary/aromatic N) is 2. The van der Waals surface area contributed by atoms with Gasteiger partial charge in [-0.15, -0.1) is 0 Å². The summed E-state index contributed by atoms with van der Waals surface area (Å²) in [5, 5.41) is 2.97. The molecule has 1 aliphatic carbocycles. The van der Waals surface area contributed by atoms with Crippen LogP contribution in [0.3, 0.4) is 0 Å². The monoisotopic (exact) mass is 254 g/mol. The first-order chi connectivity index (χ1) is 8.16. The number of anilines is 1. The van der Waals surface area contributed by atoms with Crippen LogP contribution in [0.1, 0.15) is 25.7 Å². The Morgan fingerprint density at radius 3 is 2.94 bits per heavy atom. The van der Waals surface area contributed by atoms with Crippen LogP contribution in [0.5, 0.6) is 0 Å². The van der Waals surface area contributed by atoms with Crippen molar-refractivity contribution >= 4 is 23.5 Å². The molecule has 0 radical (unpaired) electrons. The summed E-state index contributed by atoms with van der Waals surface area (Å²) in [6.07, 6.45) is 5.37. The Labute approximate surface area is 105 Å². The summed E-state index contributed by atoms with van der Waals surface area (Å²) in [7, 11) is 0. The van der Waals surface area contributed by atoms with Gasteiger partial charge in [-0.25, -0.2) is 9.97 Å². The molecule has 0 aliphatic heterocycles. The van der Waals surface area contributed by atoms with E-state index >= 15 is 0 Å². The molecule has 1 aromatic rings. The van der Waals surface area contributed by atoms with E-state index in [0.29, 0.717) is 5.15 Å². The van der Waals surface area contributed by atoms with Gasteiger partial charge in [0.1, 0.15) is 5.15 Å². The van der Waals surface area contributed by atoms with E-state index < -0.39 is 0 Å². The standard InChI is InChI=1S/C11H15ClN4O/c12-9-5-6-14-11(15-9)16-10(17)7-3-1-2-4-8(7)13/h5-8H,1-4,13H2,(H,14,15,16,17). The Morgan fingerprint density at radius 1 is 1.47 bits per heavy atom. The van der Waals surface area contributed by atoms with E-state index in [-0.39, 0.29) is 23.8 Å². The highest BCUT2D eigenvalue weighted by Gasteiger charge is 2.28. The van der Waals surface area contributed by atoms with Gasteiger partial charge >= 0.3 is 0 Å². The molecule has 1 amide bonds. The number of amides is 1. The van der Waals surface area contributed by atoms with Crippen molar-refractivity contribution in [3.8, 4) is 0 Å². The van der Waals surface area contributed by atoms with E-state index in [0.717, 1.165) is 25.7 Å². The van der Waals surface area contributed by atoms with Crippen molar-refractivity contribution in [2.24, 2.45) is 11.7 Å². The van der Waals surface area contributed by atoms with Crippen molar-refractivity contribution in [1.29, 1.82) is 0 Å². The van der Waals surface area contributed by atoms with E-state index in [9.17, 15) is 4.79 Å². The third kappa shape index (κ3) is 3.14. The zero-order valence-electron chi connectivity index (χ0n) is 9.40.